The third-order valence-electron chi connectivity index (χ3n) is 2.61. The second-order valence-corrected chi connectivity index (χ2v) is 6.10. The molecule has 7 nitrogen and oxygen atoms in total. The van der Waals surface area contributed by atoms with E-state index in [0.29, 0.717) is 6.54 Å². The molecule has 0 unspecified atom stereocenters. The number of sulfonamides is 1. The molecule has 0 radical (unpaired) electrons. The maximum atomic E-state index is 12.0. The van der Waals surface area contributed by atoms with Crippen LogP contribution in [-0.4, -0.2) is 38.5 Å². The molecule has 0 spiro atoms. The van der Waals surface area contributed by atoms with Crippen LogP contribution in [0.5, 0.6) is 0 Å². The summed E-state index contributed by atoms with van der Waals surface area (Å²) in [7, 11) is -3.83. The Labute approximate surface area is 123 Å². The smallest absolute Gasteiger partial charge is 0.335 e. The molecule has 8 heteroatoms. The van der Waals surface area contributed by atoms with Crippen LogP contribution in [0.25, 0.3) is 0 Å². The van der Waals surface area contributed by atoms with Gasteiger partial charge < -0.3 is 10.4 Å². The molecule has 0 saturated carbocycles. The lowest BCUT2D eigenvalue weighted by molar-refractivity contribution is -0.120. The van der Waals surface area contributed by atoms with Crippen LogP contribution in [0, 0.1) is 0 Å². The van der Waals surface area contributed by atoms with Crippen LogP contribution in [0.4, 0.5) is 0 Å². The molecule has 3 N–H and O–H groups in total. The van der Waals surface area contributed by atoms with E-state index in [0.717, 1.165) is 12.5 Å². The van der Waals surface area contributed by atoms with Crippen LogP contribution in [-0.2, 0) is 14.8 Å². The van der Waals surface area contributed by atoms with Crippen LogP contribution in [0.1, 0.15) is 30.1 Å². The summed E-state index contributed by atoms with van der Waals surface area (Å²) in [5.74, 6) is -1.44. The first-order valence-electron chi connectivity index (χ1n) is 6.46. The summed E-state index contributed by atoms with van der Waals surface area (Å²) in [6.07, 6.45) is 0.831. The SMILES string of the molecule is CCCNC(=O)CCNS(=O)(=O)c1cccc(C(=O)O)c1. The molecule has 1 amide bonds. The molecular formula is C13H18N2O5S. The summed E-state index contributed by atoms with van der Waals surface area (Å²) in [4.78, 5) is 22.0. The van der Waals surface area contributed by atoms with Crippen molar-refractivity contribution in [3.8, 4) is 0 Å². The van der Waals surface area contributed by atoms with Gasteiger partial charge in [0.2, 0.25) is 15.9 Å². The Morgan fingerprint density at radius 2 is 1.95 bits per heavy atom. The highest BCUT2D eigenvalue weighted by molar-refractivity contribution is 7.89. The van der Waals surface area contributed by atoms with Crippen molar-refractivity contribution in [1.29, 1.82) is 0 Å². The standard InChI is InChI=1S/C13H18N2O5S/c1-2-7-14-12(16)6-8-15-21(19,20)11-5-3-4-10(9-11)13(17)18/h3-5,9,15H,2,6-8H2,1H3,(H,14,16)(H,17,18). The van der Waals surface area contributed by atoms with Crippen molar-refractivity contribution in [3.63, 3.8) is 0 Å². The van der Waals surface area contributed by atoms with E-state index in [9.17, 15) is 18.0 Å². The van der Waals surface area contributed by atoms with Gasteiger partial charge in [0.15, 0.2) is 0 Å². The number of carbonyl (C=O) groups is 2. The van der Waals surface area contributed by atoms with Crippen molar-refractivity contribution in [1.82, 2.24) is 10.0 Å². The molecule has 0 atom stereocenters. The molecule has 0 saturated heterocycles. The Hall–Kier alpha value is -1.93. The van der Waals surface area contributed by atoms with E-state index in [1.807, 2.05) is 6.92 Å². The Kier molecular flexibility index (Phi) is 6.32. The highest BCUT2D eigenvalue weighted by atomic mass is 32.2. The molecule has 21 heavy (non-hydrogen) atoms. The molecule has 0 aromatic heterocycles. The molecule has 1 aromatic rings. The average molecular weight is 314 g/mol. The van der Waals surface area contributed by atoms with Gasteiger partial charge in [0.05, 0.1) is 10.5 Å². The minimum absolute atomic E-state index is 0.0256. The van der Waals surface area contributed by atoms with Gasteiger partial charge >= 0.3 is 5.97 Å². The summed E-state index contributed by atoms with van der Waals surface area (Å²) >= 11 is 0. The number of hydrogen-bond acceptors (Lipinski definition) is 4. The van der Waals surface area contributed by atoms with Gasteiger partial charge in [-0.1, -0.05) is 13.0 Å². The largest absolute Gasteiger partial charge is 0.478 e. The van der Waals surface area contributed by atoms with E-state index >= 15 is 0 Å². The lowest BCUT2D eigenvalue weighted by atomic mass is 10.2. The zero-order valence-corrected chi connectivity index (χ0v) is 12.4. The van der Waals surface area contributed by atoms with Gasteiger partial charge in [-0.2, -0.15) is 0 Å². The summed E-state index contributed by atoms with van der Waals surface area (Å²) < 4.78 is 26.2. The lowest BCUT2D eigenvalue weighted by Gasteiger charge is -2.07. The summed E-state index contributed by atoms with van der Waals surface area (Å²) in [6.45, 7) is 2.42. The monoisotopic (exact) mass is 314 g/mol. The van der Waals surface area contributed by atoms with Crippen LogP contribution < -0.4 is 10.0 Å². The fraction of sp³-hybridized carbons (Fsp3) is 0.385. The summed E-state index contributed by atoms with van der Waals surface area (Å²) in [5.41, 5.74) is -0.112. The predicted octanol–water partition coefficient (Wildman–Crippen LogP) is 0.579. The molecule has 0 aliphatic carbocycles. The Morgan fingerprint density at radius 3 is 2.57 bits per heavy atom. The number of carboxylic acid groups (broad SMARTS) is 1. The van der Waals surface area contributed by atoms with Crippen LogP contribution in [0.15, 0.2) is 29.2 Å². The van der Waals surface area contributed by atoms with Crippen molar-refractivity contribution in [2.24, 2.45) is 0 Å². The van der Waals surface area contributed by atoms with Gasteiger partial charge in [0, 0.05) is 19.5 Å². The zero-order valence-electron chi connectivity index (χ0n) is 11.6. The van der Waals surface area contributed by atoms with Gasteiger partial charge in [-0.3, -0.25) is 4.79 Å². The number of carbonyl (C=O) groups excluding carboxylic acids is 1. The van der Waals surface area contributed by atoms with Crippen LogP contribution in [0.3, 0.4) is 0 Å². The molecule has 1 aromatic carbocycles. The highest BCUT2D eigenvalue weighted by Crippen LogP contribution is 2.11. The van der Waals surface area contributed by atoms with Crippen molar-refractivity contribution < 1.29 is 23.1 Å². The predicted molar refractivity (Wildman–Crippen MR) is 76.5 cm³/mol. The average Bonchev–Trinajstić information content (AvgIpc) is 2.45. The Balaban J connectivity index is 2.63. The van der Waals surface area contributed by atoms with E-state index in [2.05, 4.69) is 10.0 Å². The first-order chi connectivity index (χ1) is 9.86. The fourth-order valence-corrected chi connectivity index (χ4v) is 2.61. The molecule has 0 fully saturated rings. The molecule has 0 bridgehead atoms. The molecule has 0 heterocycles. The van der Waals surface area contributed by atoms with Gasteiger partial charge in [-0.05, 0) is 24.6 Å². The number of hydrogen-bond donors (Lipinski definition) is 3. The lowest BCUT2D eigenvalue weighted by Crippen LogP contribution is -2.31. The van der Waals surface area contributed by atoms with Crippen molar-refractivity contribution in [2.75, 3.05) is 13.1 Å². The number of carboxylic acids is 1. The molecule has 1 rings (SSSR count). The van der Waals surface area contributed by atoms with Gasteiger partial charge in [-0.25, -0.2) is 17.9 Å². The van der Waals surface area contributed by atoms with Gasteiger partial charge in [0.1, 0.15) is 0 Å². The number of amides is 1. The minimum atomic E-state index is -3.83. The van der Waals surface area contributed by atoms with E-state index in [-0.39, 0.29) is 29.3 Å². The van der Waals surface area contributed by atoms with E-state index in [4.69, 9.17) is 5.11 Å². The first-order valence-corrected chi connectivity index (χ1v) is 7.95. The number of nitrogens with one attached hydrogen (secondary N) is 2. The molecule has 116 valence electrons. The third kappa shape index (κ3) is 5.52. The topological polar surface area (TPSA) is 113 Å². The Bertz CT molecular complexity index is 613. The highest BCUT2D eigenvalue weighted by Gasteiger charge is 2.16. The zero-order chi connectivity index (χ0) is 15.9. The van der Waals surface area contributed by atoms with Gasteiger partial charge in [0.25, 0.3) is 0 Å². The first kappa shape index (κ1) is 17.1. The number of aromatic carboxylic acids is 1. The summed E-state index contributed by atoms with van der Waals surface area (Å²) in [6, 6.07) is 5.03. The Morgan fingerprint density at radius 1 is 1.24 bits per heavy atom. The number of benzene rings is 1. The molecular weight excluding hydrogens is 296 g/mol. The quantitative estimate of drug-likeness (QED) is 0.649. The summed E-state index contributed by atoms with van der Waals surface area (Å²) in [5, 5.41) is 11.5. The van der Waals surface area contributed by atoms with Gasteiger partial charge in [-0.15, -0.1) is 0 Å². The van der Waals surface area contributed by atoms with Crippen molar-refractivity contribution >= 4 is 21.9 Å². The van der Waals surface area contributed by atoms with Crippen molar-refractivity contribution in [3.05, 3.63) is 29.8 Å². The second-order valence-electron chi connectivity index (χ2n) is 4.33. The maximum absolute atomic E-state index is 12.0. The molecule has 0 aliphatic heterocycles. The van der Waals surface area contributed by atoms with Crippen LogP contribution >= 0.6 is 0 Å². The fourth-order valence-electron chi connectivity index (χ4n) is 1.53. The minimum Gasteiger partial charge on any atom is -0.478 e. The van der Waals surface area contributed by atoms with E-state index < -0.39 is 16.0 Å². The maximum Gasteiger partial charge on any atom is 0.335 e. The normalized spacial score (nSPS) is 11.1. The van der Waals surface area contributed by atoms with E-state index in [1.165, 1.54) is 18.2 Å². The number of rotatable bonds is 8. The third-order valence-corrected chi connectivity index (χ3v) is 4.07. The second kappa shape index (κ2) is 7.75. The molecule has 0 aliphatic rings. The van der Waals surface area contributed by atoms with Crippen molar-refractivity contribution in [2.45, 2.75) is 24.7 Å². The van der Waals surface area contributed by atoms with E-state index in [1.54, 1.807) is 0 Å². The van der Waals surface area contributed by atoms with Crippen LogP contribution in [0.2, 0.25) is 0 Å².